The summed E-state index contributed by atoms with van der Waals surface area (Å²) in [5.74, 6) is -1.69. The van der Waals surface area contributed by atoms with E-state index >= 15 is 0 Å². The number of para-hydroxylation sites is 1. The lowest BCUT2D eigenvalue weighted by atomic mass is 10.1. The highest BCUT2D eigenvalue weighted by Crippen LogP contribution is 2.25. The molecule has 1 N–H and O–H groups in total. The van der Waals surface area contributed by atoms with Crippen LogP contribution in [0.5, 0.6) is 0 Å². The van der Waals surface area contributed by atoms with Crippen LogP contribution in [-0.2, 0) is 21.2 Å². The van der Waals surface area contributed by atoms with Crippen molar-refractivity contribution in [1.29, 1.82) is 0 Å². The summed E-state index contributed by atoms with van der Waals surface area (Å²) in [5.41, 5.74) is 1.60. The zero-order valence-corrected chi connectivity index (χ0v) is 17.0. The molecule has 0 aliphatic carbocycles. The highest BCUT2D eigenvalue weighted by Gasteiger charge is 2.27. The lowest BCUT2D eigenvalue weighted by molar-refractivity contribution is -0.114. The number of nitrogens with one attached hydrogen (secondary N) is 1. The molecule has 156 valence electrons. The van der Waals surface area contributed by atoms with E-state index in [9.17, 15) is 22.0 Å². The summed E-state index contributed by atoms with van der Waals surface area (Å²) in [5, 5.41) is 2.73. The van der Waals surface area contributed by atoms with Gasteiger partial charge in [-0.15, -0.1) is 0 Å². The minimum Gasteiger partial charge on any atom is -0.324 e. The van der Waals surface area contributed by atoms with Gasteiger partial charge in [-0.05, 0) is 66.6 Å². The summed E-state index contributed by atoms with van der Waals surface area (Å²) in [6.07, 6.45) is 0.687. The average Bonchev–Trinajstić information content (AvgIpc) is 2.73. The molecule has 0 saturated heterocycles. The Labute approximate surface area is 174 Å². The molecule has 0 aliphatic rings. The van der Waals surface area contributed by atoms with Gasteiger partial charge < -0.3 is 5.32 Å². The number of hydrogen-bond donors (Lipinski definition) is 1. The highest BCUT2D eigenvalue weighted by atomic mass is 32.2. The van der Waals surface area contributed by atoms with E-state index < -0.39 is 34.1 Å². The van der Waals surface area contributed by atoms with Gasteiger partial charge in [-0.25, -0.2) is 17.2 Å². The van der Waals surface area contributed by atoms with E-state index in [-0.39, 0.29) is 10.6 Å². The molecule has 0 heterocycles. The third-order valence-electron chi connectivity index (χ3n) is 4.48. The van der Waals surface area contributed by atoms with E-state index in [2.05, 4.69) is 5.32 Å². The maximum Gasteiger partial charge on any atom is 0.264 e. The van der Waals surface area contributed by atoms with Gasteiger partial charge in [0.15, 0.2) is 0 Å². The summed E-state index contributed by atoms with van der Waals surface area (Å²) in [6.45, 7) is 1.40. The first-order valence-corrected chi connectivity index (χ1v) is 10.7. The maximum absolute atomic E-state index is 13.4. The SMILES string of the molecule is CCc1ccccc1NC(=O)CN(c1ccc(F)cc1)S(=O)(=O)c1ccc(F)cc1. The fourth-order valence-corrected chi connectivity index (χ4v) is 4.35. The number of benzene rings is 3. The Morgan fingerprint density at radius 1 is 0.900 bits per heavy atom. The zero-order chi connectivity index (χ0) is 21.7. The van der Waals surface area contributed by atoms with Gasteiger partial charge in [-0.3, -0.25) is 9.10 Å². The second-order valence-corrected chi connectivity index (χ2v) is 8.36. The molecule has 1 amide bonds. The number of carbonyl (C=O) groups excluding carboxylic acids is 1. The van der Waals surface area contributed by atoms with Gasteiger partial charge >= 0.3 is 0 Å². The molecule has 0 spiro atoms. The molecule has 30 heavy (non-hydrogen) atoms. The topological polar surface area (TPSA) is 66.5 Å². The van der Waals surface area contributed by atoms with E-state index in [1.165, 1.54) is 12.1 Å². The van der Waals surface area contributed by atoms with Crippen LogP contribution in [0.3, 0.4) is 0 Å². The monoisotopic (exact) mass is 430 g/mol. The Morgan fingerprint density at radius 2 is 1.47 bits per heavy atom. The van der Waals surface area contributed by atoms with Crippen LogP contribution in [0.25, 0.3) is 0 Å². The normalized spacial score (nSPS) is 11.2. The van der Waals surface area contributed by atoms with Crippen LogP contribution in [0.2, 0.25) is 0 Å². The molecule has 0 unspecified atom stereocenters. The van der Waals surface area contributed by atoms with Crippen LogP contribution in [0.1, 0.15) is 12.5 Å². The van der Waals surface area contributed by atoms with Crippen molar-refractivity contribution in [2.24, 2.45) is 0 Å². The first kappa shape index (κ1) is 21.4. The summed E-state index contributed by atoms with van der Waals surface area (Å²) in [4.78, 5) is 12.5. The van der Waals surface area contributed by atoms with E-state index in [4.69, 9.17) is 0 Å². The van der Waals surface area contributed by atoms with Crippen LogP contribution in [0, 0.1) is 11.6 Å². The van der Waals surface area contributed by atoms with Gasteiger partial charge in [0.2, 0.25) is 5.91 Å². The smallest absolute Gasteiger partial charge is 0.264 e. The Morgan fingerprint density at radius 3 is 2.07 bits per heavy atom. The summed E-state index contributed by atoms with van der Waals surface area (Å²) >= 11 is 0. The van der Waals surface area contributed by atoms with Crippen molar-refractivity contribution in [3.05, 3.63) is 90.0 Å². The molecule has 5 nitrogen and oxygen atoms in total. The lowest BCUT2D eigenvalue weighted by Crippen LogP contribution is -2.38. The molecule has 0 fully saturated rings. The van der Waals surface area contributed by atoms with Crippen molar-refractivity contribution in [3.63, 3.8) is 0 Å². The molecule has 3 aromatic rings. The summed E-state index contributed by atoms with van der Waals surface area (Å²) < 4.78 is 53.8. The quantitative estimate of drug-likeness (QED) is 0.606. The van der Waals surface area contributed by atoms with Crippen molar-refractivity contribution in [2.45, 2.75) is 18.2 Å². The van der Waals surface area contributed by atoms with Gasteiger partial charge in [0.25, 0.3) is 10.0 Å². The number of hydrogen-bond acceptors (Lipinski definition) is 3. The molecule has 3 rings (SSSR count). The third-order valence-corrected chi connectivity index (χ3v) is 6.26. The number of rotatable bonds is 7. The molecule has 0 aromatic heterocycles. The summed E-state index contributed by atoms with van der Waals surface area (Å²) in [6, 6.07) is 16.2. The first-order chi connectivity index (χ1) is 14.3. The molecular formula is C22H20F2N2O3S. The molecule has 0 saturated carbocycles. The minimum atomic E-state index is -4.20. The van der Waals surface area contributed by atoms with Crippen molar-refractivity contribution < 1.29 is 22.0 Å². The van der Waals surface area contributed by atoms with E-state index in [1.807, 2.05) is 19.1 Å². The van der Waals surface area contributed by atoms with Gasteiger partial charge in [0, 0.05) is 5.69 Å². The number of carbonyl (C=O) groups is 1. The maximum atomic E-state index is 13.4. The molecule has 0 bridgehead atoms. The predicted molar refractivity (Wildman–Crippen MR) is 112 cm³/mol. The van der Waals surface area contributed by atoms with Crippen molar-refractivity contribution in [3.8, 4) is 0 Å². The summed E-state index contributed by atoms with van der Waals surface area (Å²) in [7, 11) is -4.20. The van der Waals surface area contributed by atoms with Crippen LogP contribution >= 0.6 is 0 Å². The number of anilines is 2. The number of aryl methyl sites for hydroxylation is 1. The first-order valence-electron chi connectivity index (χ1n) is 9.23. The van der Waals surface area contributed by atoms with E-state index in [0.29, 0.717) is 12.1 Å². The lowest BCUT2D eigenvalue weighted by Gasteiger charge is -2.24. The van der Waals surface area contributed by atoms with Crippen molar-refractivity contribution in [1.82, 2.24) is 0 Å². The Kier molecular flexibility index (Phi) is 6.47. The second-order valence-electron chi connectivity index (χ2n) is 6.50. The number of sulfonamides is 1. The predicted octanol–water partition coefficient (Wildman–Crippen LogP) is 4.36. The highest BCUT2D eigenvalue weighted by molar-refractivity contribution is 7.92. The van der Waals surface area contributed by atoms with Crippen LogP contribution in [-0.4, -0.2) is 20.9 Å². The van der Waals surface area contributed by atoms with Gasteiger partial charge in [0.05, 0.1) is 10.6 Å². The van der Waals surface area contributed by atoms with Crippen LogP contribution < -0.4 is 9.62 Å². The second kappa shape index (κ2) is 9.04. The van der Waals surface area contributed by atoms with Crippen molar-refractivity contribution in [2.75, 3.05) is 16.2 Å². The van der Waals surface area contributed by atoms with E-state index in [1.54, 1.807) is 12.1 Å². The molecular weight excluding hydrogens is 410 g/mol. The van der Waals surface area contributed by atoms with Crippen LogP contribution in [0.4, 0.5) is 20.2 Å². The number of amides is 1. The number of halogens is 2. The zero-order valence-electron chi connectivity index (χ0n) is 16.2. The molecule has 0 atom stereocenters. The molecule has 0 radical (unpaired) electrons. The fraction of sp³-hybridized carbons (Fsp3) is 0.136. The largest absolute Gasteiger partial charge is 0.324 e. The molecule has 3 aromatic carbocycles. The third kappa shape index (κ3) is 4.83. The van der Waals surface area contributed by atoms with Crippen LogP contribution in [0.15, 0.2) is 77.7 Å². The minimum absolute atomic E-state index is 0.111. The fourth-order valence-electron chi connectivity index (χ4n) is 2.93. The molecule has 8 heteroatoms. The van der Waals surface area contributed by atoms with Crippen molar-refractivity contribution >= 4 is 27.3 Å². The van der Waals surface area contributed by atoms with Gasteiger partial charge in [-0.1, -0.05) is 25.1 Å². The van der Waals surface area contributed by atoms with E-state index in [0.717, 1.165) is 46.3 Å². The Hall–Kier alpha value is -3.26. The average molecular weight is 430 g/mol. The van der Waals surface area contributed by atoms with Gasteiger partial charge in [-0.2, -0.15) is 0 Å². The van der Waals surface area contributed by atoms with Gasteiger partial charge in [0.1, 0.15) is 18.2 Å². The Bertz CT molecular complexity index is 1130. The Balaban J connectivity index is 1.94. The molecule has 0 aliphatic heterocycles. The standard InChI is InChI=1S/C22H20F2N2O3S/c1-2-16-5-3-4-6-21(16)25-22(27)15-26(19-11-7-17(23)8-12-19)30(28,29)20-13-9-18(24)10-14-20/h3-14H,2,15H2,1H3,(H,25,27). The number of nitrogens with zero attached hydrogens (tertiary/aromatic N) is 1.